The summed E-state index contributed by atoms with van der Waals surface area (Å²) in [6.45, 7) is 4.55. The number of hydrogen-bond donors (Lipinski definition) is 1. The maximum atomic E-state index is 8.69. The minimum absolute atomic E-state index is 0. The highest BCUT2D eigenvalue weighted by Crippen LogP contribution is 1.99. The molecule has 0 rings (SSSR count). The summed E-state index contributed by atoms with van der Waals surface area (Å²) in [6.07, 6.45) is 2.50. The van der Waals surface area contributed by atoms with Crippen LogP contribution in [0.2, 0.25) is 0 Å². The third-order valence-electron chi connectivity index (χ3n) is 1.82. The molecule has 0 amide bonds. The lowest BCUT2D eigenvalue weighted by molar-refractivity contribution is -0.890. The van der Waals surface area contributed by atoms with Crippen LogP contribution in [0.5, 0.6) is 0 Å². The second kappa shape index (κ2) is 6.89. The van der Waals surface area contributed by atoms with Gasteiger partial charge in [-0.25, -0.2) is 0 Å². The molecule has 0 aromatic carbocycles. The van der Waals surface area contributed by atoms with Crippen LogP contribution < -0.4 is 12.4 Å². The minimum atomic E-state index is 0. The number of unbranched alkanes of at least 4 members (excludes halogenated alkanes) is 1. The molecule has 3 heteroatoms. The Balaban J connectivity index is 0. The van der Waals surface area contributed by atoms with Crippen molar-refractivity contribution >= 4 is 0 Å². The SMILES string of the molecule is CCCC[N+](C)(C)CCO.[Cl-]. The van der Waals surface area contributed by atoms with Gasteiger partial charge in [0.05, 0.1) is 27.2 Å². The van der Waals surface area contributed by atoms with E-state index in [-0.39, 0.29) is 12.4 Å². The minimum Gasteiger partial charge on any atom is -1.00 e. The van der Waals surface area contributed by atoms with E-state index in [4.69, 9.17) is 5.11 Å². The molecule has 11 heavy (non-hydrogen) atoms. The highest BCUT2D eigenvalue weighted by molar-refractivity contribution is 4.34. The van der Waals surface area contributed by atoms with Gasteiger partial charge in [-0.3, -0.25) is 0 Å². The van der Waals surface area contributed by atoms with Gasteiger partial charge in [0.2, 0.25) is 0 Å². The molecule has 70 valence electrons. The van der Waals surface area contributed by atoms with Gasteiger partial charge >= 0.3 is 0 Å². The summed E-state index contributed by atoms with van der Waals surface area (Å²) in [7, 11) is 4.32. The van der Waals surface area contributed by atoms with E-state index < -0.39 is 0 Å². The Labute approximate surface area is 76.2 Å². The van der Waals surface area contributed by atoms with Crippen LogP contribution in [0.25, 0.3) is 0 Å². The summed E-state index contributed by atoms with van der Waals surface area (Å²) < 4.78 is 0.949. The van der Waals surface area contributed by atoms with Gasteiger partial charge in [0, 0.05) is 0 Å². The van der Waals surface area contributed by atoms with Gasteiger partial charge in [0.15, 0.2) is 0 Å². The van der Waals surface area contributed by atoms with Crippen molar-refractivity contribution in [3.05, 3.63) is 0 Å². The molecule has 0 aromatic heterocycles. The zero-order chi connectivity index (χ0) is 8.04. The second-order valence-corrected chi connectivity index (χ2v) is 3.46. The number of halogens is 1. The van der Waals surface area contributed by atoms with Crippen molar-refractivity contribution < 1.29 is 22.0 Å². The quantitative estimate of drug-likeness (QED) is 0.480. The number of rotatable bonds is 5. The molecule has 0 saturated heterocycles. The molecule has 0 fully saturated rings. The summed E-state index contributed by atoms with van der Waals surface area (Å²) in [5.74, 6) is 0. The van der Waals surface area contributed by atoms with E-state index in [1.807, 2.05) is 0 Å². The van der Waals surface area contributed by atoms with E-state index in [0.29, 0.717) is 6.61 Å². The van der Waals surface area contributed by atoms with Crippen LogP contribution in [0.15, 0.2) is 0 Å². The van der Waals surface area contributed by atoms with Crippen molar-refractivity contribution in [1.29, 1.82) is 0 Å². The number of nitrogens with zero attached hydrogens (tertiary/aromatic N) is 1. The van der Waals surface area contributed by atoms with Crippen LogP contribution >= 0.6 is 0 Å². The maximum Gasteiger partial charge on any atom is 0.102 e. The van der Waals surface area contributed by atoms with Crippen LogP contribution in [0.3, 0.4) is 0 Å². The Morgan fingerprint density at radius 1 is 1.18 bits per heavy atom. The van der Waals surface area contributed by atoms with Crippen LogP contribution in [-0.4, -0.2) is 43.4 Å². The van der Waals surface area contributed by atoms with Crippen molar-refractivity contribution in [2.24, 2.45) is 0 Å². The fourth-order valence-electron chi connectivity index (χ4n) is 0.969. The number of likely N-dealkylation sites (N-methyl/N-ethyl adjacent to an activating group) is 1. The molecule has 0 aromatic rings. The number of aliphatic hydroxyl groups excluding tert-OH is 1. The molecular weight excluding hydrogens is 162 g/mol. The fourth-order valence-corrected chi connectivity index (χ4v) is 0.969. The van der Waals surface area contributed by atoms with E-state index in [9.17, 15) is 0 Å². The molecule has 0 bridgehead atoms. The van der Waals surface area contributed by atoms with Crippen LogP contribution in [0, 0.1) is 0 Å². The number of aliphatic hydroxyl groups is 1. The van der Waals surface area contributed by atoms with Crippen molar-refractivity contribution in [3.63, 3.8) is 0 Å². The van der Waals surface area contributed by atoms with Crippen molar-refractivity contribution in [3.8, 4) is 0 Å². The Bertz CT molecular complexity index is 86.2. The third-order valence-corrected chi connectivity index (χ3v) is 1.82. The molecule has 0 aliphatic heterocycles. The van der Waals surface area contributed by atoms with Crippen LogP contribution in [0.1, 0.15) is 19.8 Å². The average Bonchev–Trinajstić information content (AvgIpc) is 1.84. The second-order valence-electron chi connectivity index (χ2n) is 3.46. The lowest BCUT2D eigenvalue weighted by Crippen LogP contribution is -3.00. The first kappa shape index (κ1) is 13.8. The smallest absolute Gasteiger partial charge is 0.102 e. The van der Waals surface area contributed by atoms with Crippen molar-refractivity contribution in [2.75, 3.05) is 33.8 Å². The Kier molecular flexibility index (Phi) is 8.63. The molecule has 0 unspecified atom stereocenters. The Morgan fingerprint density at radius 2 is 1.73 bits per heavy atom. The van der Waals surface area contributed by atoms with Gasteiger partial charge in [0.25, 0.3) is 0 Å². The maximum absolute atomic E-state index is 8.69. The molecule has 0 radical (unpaired) electrons. The molecule has 0 heterocycles. The summed E-state index contributed by atoms with van der Waals surface area (Å²) in [5, 5.41) is 8.69. The highest BCUT2D eigenvalue weighted by atomic mass is 35.5. The predicted octanol–water partition coefficient (Wildman–Crippen LogP) is -2.14. The lowest BCUT2D eigenvalue weighted by Gasteiger charge is -2.28. The molecule has 0 spiro atoms. The standard InChI is InChI=1S/C8H20NO.ClH/c1-4-5-6-9(2,3)7-8-10;/h10H,4-8H2,1-3H3;1H/q+1;/p-1. The third kappa shape index (κ3) is 8.11. The molecule has 0 aliphatic rings. The first-order valence-corrected chi connectivity index (χ1v) is 4.05. The topological polar surface area (TPSA) is 20.2 Å². The largest absolute Gasteiger partial charge is 1.00 e. The molecule has 0 saturated carbocycles. The monoisotopic (exact) mass is 181 g/mol. The van der Waals surface area contributed by atoms with E-state index in [1.165, 1.54) is 19.4 Å². The summed E-state index contributed by atoms with van der Waals surface area (Å²) in [4.78, 5) is 0. The van der Waals surface area contributed by atoms with Crippen molar-refractivity contribution in [1.82, 2.24) is 0 Å². The van der Waals surface area contributed by atoms with Gasteiger partial charge < -0.3 is 22.0 Å². The normalized spacial score (nSPS) is 10.9. The number of hydrogen-bond acceptors (Lipinski definition) is 1. The molecule has 0 atom stereocenters. The summed E-state index contributed by atoms with van der Waals surface area (Å²) in [5.41, 5.74) is 0. The first-order chi connectivity index (χ1) is 4.62. The van der Waals surface area contributed by atoms with E-state index in [0.717, 1.165) is 11.0 Å². The van der Waals surface area contributed by atoms with Crippen molar-refractivity contribution in [2.45, 2.75) is 19.8 Å². The van der Waals surface area contributed by atoms with Gasteiger partial charge in [-0.05, 0) is 6.42 Å². The van der Waals surface area contributed by atoms with Crippen LogP contribution in [-0.2, 0) is 0 Å². The lowest BCUT2D eigenvalue weighted by atomic mass is 10.3. The Hall–Kier alpha value is 0.210. The van der Waals surface area contributed by atoms with Gasteiger partial charge in [-0.1, -0.05) is 13.3 Å². The molecule has 2 nitrogen and oxygen atoms in total. The highest BCUT2D eigenvalue weighted by Gasteiger charge is 2.11. The summed E-state index contributed by atoms with van der Waals surface area (Å²) >= 11 is 0. The average molecular weight is 182 g/mol. The number of quaternary nitrogens is 1. The van der Waals surface area contributed by atoms with Crippen LogP contribution in [0.4, 0.5) is 0 Å². The van der Waals surface area contributed by atoms with Gasteiger partial charge in [0.1, 0.15) is 6.54 Å². The Morgan fingerprint density at radius 3 is 2.09 bits per heavy atom. The zero-order valence-corrected chi connectivity index (χ0v) is 8.56. The molecular formula is C8H20ClNO. The fraction of sp³-hybridized carbons (Fsp3) is 1.00. The van der Waals surface area contributed by atoms with E-state index in [1.54, 1.807) is 0 Å². The predicted molar refractivity (Wildman–Crippen MR) is 43.8 cm³/mol. The van der Waals surface area contributed by atoms with E-state index >= 15 is 0 Å². The molecule has 0 aliphatic carbocycles. The van der Waals surface area contributed by atoms with Gasteiger partial charge in [-0.2, -0.15) is 0 Å². The van der Waals surface area contributed by atoms with E-state index in [2.05, 4.69) is 21.0 Å². The molecule has 1 N–H and O–H groups in total. The van der Waals surface area contributed by atoms with Gasteiger partial charge in [-0.15, -0.1) is 0 Å². The first-order valence-electron chi connectivity index (χ1n) is 4.05. The zero-order valence-electron chi connectivity index (χ0n) is 7.81. The summed E-state index contributed by atoms with van der Waals surface area (Å²) in [6, 6.07) is 0.